The molecule has 0 saturated heterocycles. The Kier molecular flexibility index (Phi) is 8.44. The normalized spacial score (nSPS) is 17.8. The lowest BCUT2D eigenvalue weighted by Crippen LogP contribution is -2.30. The van der Waals surface area contributed by atoms with Crippen molar-refractivity contribution in [2.45, 2.75) is 65.8 Å². The SMILES string of the molecule is CCC1C(c2cnn(C)c2)=Cc2ncnc(-c3ccc(C(CO)NC(=O)c4cnc(C(C)(C)C)s4)c(C)c3)c2CC1C. The second kappa shape index (κ2) is 11.9. The number of nitrogens with one attached hydrogen (secondary N) is 1. The lowest BCUT2D eigenvalue weighted by molar-refractivity contribution is 0.0920. The number of allylic oxidation sites excluding steroid dienone is 1. The molecule has 0 saturated carbocycles. The van der Waals surface area contributed by atoms with Gasteiger partial charge in [-0.2, -0.15) is 5.10 Å². The predicted molar refractivity (Wildman–Crippen MR) is 168 cm³/mol. The van der Waals surface area contributed by atoms with Crippen molar-refractivity contribution in [2.75, 3.05) is 6.61 Å². The van der Waals surface area contributed by atoms with Gasteiger partial charge >= 0.3 is 0 Å². The van der Waals surface area contributed by atoms with Crippen LogP contribution in [0.25, 0.3) is 22.9 Å². The number of carbonyl (C=O) groups is 1. The average molecular weight is 585 g/mol. The van der Waals surface area contributed by atoms with E-state index >= 15 is 0 Å². The van der Waals surface area contributed by atoms with Crippen molar-refractivity contribution in [1.29, 1.82) is 0 Å². The molecule has 42 heavy (non-hydrogen) atoms. The van der Waals surface area contributed by atoms with E-state index in [1.807, 2.05) is 37.0 Å². The lowest BCUT2D eigenvalue weighted by atomic mass is 9.81. The summed E-state index contributed by atoms with van der Waals surface area (Å²) in [7, 11) is 1.94. The summed E-state index contributed by atoms with van der Waals surface area (Å²) >= 11 is 1.39. The van der Waals surface area contributed by atoms with E-state index in [2.05, 4.69) is 68.4 Å². The monoisotopic (exact) mass is 584 g/mol. The molecule has 4 aromatic rings. The molecule has 5 rings (SSSR count). The number of hydrogen-bond acceptors (Lipinski definition) is 7. The summed E-state index contributed by atoms with van der Waals surface area (Å²) in [5, 5.41) is 18.6. The van der Waals surface area contributed by atoms with Crippen LogP contribution in [0.2, 0.25) is 0 Å². The van der Waals surface area contributed by atoms with Crippen LogP contribution in [0.15, 0.2) is 43.1 Å². The second-order valence-corrected chi connectivity index (χ2v) is 13.4. The van der Waals surface area contributed by atoms with Gasteiger partial charge in [-0.3, -0.25) is 9.48 Å². The molecule has 8 nitrogen and oxygen atoms in total. The number of fused-ring (bicyclic) bond motifs is 1. The molecule has 220 valence electrons. The first-order valence-corrected chi connectivity index (χ1v) is 15.3. The Labute approximate surface area is 252 Å². The zero-order valence-corrected chi connectivity index (χ0v) is 26.3. The van der Waals surface area contributed by atoms with Crippen LogP contribution in [0.4, 0.5) is 0 Å². The van der Waals surface area contributed by atoms with Gasteiger partial charge in [0.1, 0.15) is 11.2 Å². The maximum atomic E-state index is 13.1. The fourth-order valence-corrected chi connectivity index (χ4v) is 6.78. The number of aliphatic hydroxyl groups excluding tert-OH is 1. The molecule has 9 heteroatoms. The number of rotatable bonds is 7. The van der Waals surface area contributed by atoms with Crippen molar-refractivity contribution < 1.29 is 9.90 Å². The van der Waals surface area contributed by atoms with E-state index in [1.54, 1.807) is 12.5 Å². The zero-order valence-electron chi connectivity index (χ0n) is 25.5. The third-order valence-electron chi connectivity index (χ3n) is 8.14. The number of aliphatic hydroxyl groups is 1. The minimum Gasteiger partial charge on any atom is -0.394 e. The summed E-state index contributed by atoms with van der Waals surface area (Å²) in [5.41, 5.74) is 8.12. The number of carbonyl (C=O) groups excluding carboxylic acids is 1. The molecular formula is C33H40N6O2S. The quantitative estimate of drug-likeness (QED) is 0.269. The highest BCUT2D eigenvalue weighted by atomic mass is 32.1. The van der Waals surface area contributed by atoms with Crippen molar-refractivity contribution in [3.05, 3.63) is 80.9 Å². The summed E-state index contributed by atoms with van der Waals surface area (Å²) in [5.74, 6) is 0.543. The van der Waals surface area contributed by atoms with Crippen molar-refractivity contribution >= 4 is 28.9 Å². The molecule has 3 unspecified atom stereocenters. The summed E-state index contributed by atoms with van der Waals surface area (Å²) < 4.78 is 1.84. The lowest BCUT2D eigenvalue weighted by Gasteiger charge is -2.23. The minimum absolute atomic E-state index is 0.128. The van der Waals surface area contributed by atoms with Crippen LogP contribution < -0.4 is 5.32 Å². The first kappa shape index (κ1) is 29.8. The summed E-state index contributed by atoms with van der Waals surface area (Å²) in [6.07, 6.45) is 11.4. The van der Waals surface area contributed by atoms with Gasteiger partial charge in [0.2, 0.25) is 0 Å². The molecule has 2 N–H and O–H groups in total. The first-order chi connectivity index (χ1) is 20.0. The van der Waals surface area contributed by atoms with Gasteiger partial charge in [0.15, 0.2) is 0 Å². The number of nitrogens with zero attached hydrogens (tertiary/aromatic N) is 5. The summed E-state index contributed by atoms with van der Waals surface area (Å²) in [6, 6.07) is 5.57. The van der Waals surface area contributed by atoms with Gasteiger partial charge in [0.25, 0.3) is 5.91 Å². The van der Waals surface area contributed by atoms with Gasteiger partial charge in [0.05, 0.1) is 41.4 Å². The van der Waals surface area contributed by atoms with E-state index in [0.29, 0.717) is 16.7 Å². The number of aromatic nitrogens is 5. The van der Waals surface area contributed by atoms with Crippen LogP contribution >= 0.6 is 11.3 Å². The van der Waals surface area contributed by atoms with Crippen LogP contribution in [0.3, 0.4) is 0 Å². The highest BCUT2D eigenvalue weighted by Gasteiger charge is 2.29. The Balaban J connectivity index is 1.45. The van der Waals surface area contributed by atoms with E-state index in [4.69, 9.17) is 9.97 Å². The van der Waals surface area contributed by atoms with Crippen LogP contribution in [0.5, 0.6) is 0 Å². The van der Waals surface area contributed by atoms with E-state index in [9.17, 15) is 9.90 Å². The molecule has 1 aliphatic carbocycles. The highest BCUT2D eigenvalue weighted by Crippen LogP contribution is 2.40. The number of amides is 1. The highest BCUT2D eigenvalue weighted by molar-refractivity contribution is 7.13. The van der Waals surface area contributed by atoms with Crippen LogP contribution in [-0.2, 0) is 18.9 Å². The molecule has 0 aliphatic heterocycles. The minimum atomic E-state index is -0.537. The molecule has 0 spiro atoms. The molecule has 1 aliphatic rings. The van der Waals surface area contributed by atoms with Gasteiger partial charge in [-0.05, 0) is 60.4 Å². The Morgan fingerprint density at radius 3 is 2.60 bits per heavy atom. The molecule has 0 bridgehead atoms. The largest absolute Gasteiger partial charge is 0.394 e. The molecule has 1 aromatic carbocycles. The summed E-state index contributed by atoms with van der Waals surface area (Å²) in [4.78, 5) is 27.5. The second-order valence-electron chi connectivity index (χ2n) is 12.3. The topological polar surface area (TPSA) is 106 Å². The predicted octanol–water partition coefficient (Wildman–Crippen LogP) is 6.16. The standard InChI is InChI=1S/C33H40N6O2S/c1-8-23-20(3)12-26-27(13-25(23)22-14-37-39(7)16-22)35-18-36-30(26)21-9-10-24(19(2)11-21)28(17-40)38-31(41)29-15-34-32(42-29)33(4,5)6/h9-11,13-16,18,20,23,28,40H,8,12,17H2,1-7H3,(H,38,41). The van der Waals surface area contributed by atoms with E-state index < -0.39 is 6.04 Å². The fourth-order valence-electron chi connectivity index (χ4n) is 5.91. The maximum absolute atomic E-state index is 13.1. The first-order valence-electron chi connectivity index (χ1n) is 14.5. The smallest absolute Gasteiger partial charge is 0.263 e. The number of thiazole rings is 1. The Morgan fingerprint density at radius 2 is 1.98 bits per heavy atom. The molecule has 0 fully saturated rings. The van der Waals surface area contributed by atoms with E-state index in [-0.39, 0.29) is 17.9 Å². The number of hydrogen-bond donors (Lipinski definition) is 2. The van der Waals surface area contributed by atoms with Crippen LogP contribution in [-0.4, -0.2) is 42.4 Å². The molecule has 1 amide bonds. The fraction of sp³-hybridized carbons (Fsp3) is 0.424. The number of aryl methyl sites for hydroxylation is 2. The van der Waals surface area contributed by atoms with Crippen LogP contribution in [0.1, 0.15) is 89.7 Å². The van der Waals surface area contributed by atoms with E-state index in [0.717, 1.165) is 57.1 Å². The Morgan fingerprint density at radius 1 is 1.19 bits per heavy atom. The third kappa shape index (κ3) is 5.94. The third-order valence-corrected chi connectivity index (χ3v) is 9.56. The molecular weight excluding hydrogens is 544 g/mol. The van der Waals surface area contributed by atoms with Crippen molar-refractivity contribution in [2.24, 2.45) is 18.9 Å². The van der Waals surface area contributed by atoms with Gasteiger partial charge in [-0.15, -0.1) is 11.3 Å². The molecule has 3 atom stereocenters. The zero-order chi connectivity index (χ0) is 30.2. The Hall–Kier alpha value is -3.69. The summed E-state index contributed by atoms with van der Waals surface area (Å²) in [6.45, 7) is 12.6. The van der Waals surface area contributed by atoms with Crippen LogP contribution in [0, 0.1) is 18.8 Å². The number of benzene rings is 1. The van der Waals surface area contributed by atoms with Gasteiger partial charge in [0, 0.05) is 35.3 Å². The molecule has 3 heterocycles. The average Bonchev–Trinajstić information content (AvgIpc) is 3.59. The van der Waals surface area contributed by atoms with Gasteiger partial charge in [-0.25, -0.2) is 15.0 Å². The van der Waals surface area contributed by atoms with Gasteiger partial charge < -0.3 is 10.4 Å². The van der Waals surface area contributed by atoms with Crippen molar-refractivity contribution in [1.82, 2.24) is 30.0 Å². The van der Waals surface area contributed by atoms with Gasteiger partial charge in [-0.1, -0.05) is 46.8 Å². The maximum Gasteiger partial charge on any atom is 0.263 e. The van der Waals surface area contributed by atoms with Crippen molar-refractivity contribution in [3.63, 3.8) is 0 Å². The molecule has 3 aromatic heterocycles. The van der Waals surface area contributed by atoms with E-state index in [1.165, 1.54) is 16.9 Å². The van der Waals surface area contributed by atoms with Crippen molar-refractivity contribution in [3.8, 4) is 11.3 Å². The molecule has 0 radical (unpaired) electrons. The Bertz CT molecular complexity index is 1630.